The number of hydrogen-bond acceptors (Lipinski definition) is 0. The molecule has 0 aromatic rings. The Kier molecular flexibility index (Phi) is 2.73. The van der Waals surface area contributed by atoms with Gasteiger partial charge >= 0.3 is 0 Å². The molecule has 0 unspecified atom stereocenters. The van der Waals surface area contributed by atoms with Crippen LogP contribution in [0.5, 0.6) is 0 Å². The summed E-state index contributed by atoms with van der Waals surface area (Å²) in [6.07, 6.45) is 10.0. The Bertz CT molecular complexity index is 149. The van der Waals surface area contributed by atoms with Crippen LogP contribution in [0.4, 0.5) is 0 Å². The van der Waals surface area contributed by atoms with Gasteiger partial charge in [-0.15, -0.1) is 0 Å². The zero-order chi connectivity index (χ0) is 7.40. The minimum absolute atomic E-state index is 1.34. The molecule has 56 valence electrons. The highest BCUT2D eigenvalue weighted by molar-refractivity contribution is 5.17. The summed E-state index contributed by atoms with van der Waals surface area (Å²) < 4.78 is 0. The van der Waals surface area contributed by atoms with Crippen molar-refractivity contribution in [1.29, 1.82) is 0 Å². The lowest BCUT2D eigenvalue weighted by Crippen LogP contribution is -1.69. The fraction of sp³-hybridized carbons (Fsp3) is 0.600. The molecule has 0 atom stereocenters. The van der Waals surface area contributed by atoms with E-state index in [1.165, 1.54) is 31.3 Å². The van der Waals surface area contributed by atoms with Crippen molar-refractivity contribution in [3.63, 3.8) is 0 Å². The SMILES string of the molecule is CC(C)=CC=C1CCCC1. The second kappa shape index (κ2) is 3.60. The summed E-state index contributed by atoms with van der Waals surface area (Å²) >= 11 is 0. The van der Waals surface area contributed by atoms with Crippen molar-refractivity contribution >= 4 is 0 Å². The van der Waals surface area contributed by atoms with Gasteiger partial charge in [0.05, 0.1) is 0 Å². The van der Waals surface area contributed by atoms with E-state index >= 15 is 0 Å². The normalized spacial score (nSPS) is 17.2. The maximum Gasteiger partial charge on any atom is -0.0317 e. The molecule has 1 aliphatic carbocycles. The molecule has 0 aromatic heterocycles. The molecule has 0 N–H and O–H groups in total. The number of rotatable bonds is 1. The molecule has 0 aliphatic heterocycles. The summed E-state index contributed by atoms with van der Waals surface area (Å²) in [4.78, 5) is 0. The van der Waals surface area contributed by atoms with Gasteiger partial charge in [-0.2, -0.15) is 0 Å². The van der Waals surface area contributed by atoms with Crippen molar-refractivity contribution in [2.24, 2.45) is 0 Å². The molecule has 0 radical (unpaired) electrons. The highest BCUT2D eigenvalue weighted by atomic mass is 14.1. The summed E-state index contributed by atoms with van der Waals surface area (Å²) in [5.74, 6) is 0. The lowest BCUT2D eigenvalue weighted by Gasteiger charge is -1.90. The lowest BCUT2D eigenvalue weighted by molar-refractivity contribution is 0.886. The molecular weight excluding hydrogens is 120 g/mol. The van der Waals surface area contributed by atoms with E-state index in [4.69, 9.17) is 0 Å². The van der Waals surface area contributed by atoms with Crippen LogP contribution in [0.15, 0.2) is 23.3 Å². The van der Waals surface area contributed by atoms with Crippen LogP contribution in [0.1, 0.15) is 39.5 Å². The third-order valence-corrected chi connectivity index (χ3v) is 1.90. The summed E-state index contributed by atoms with van der Waals surface area (Å²) in [7, 11) is 0. The van der Waals surface area contributed by atoms with E-state index in [1.807, 2.05) is 0 Å². The zero-order valence-corrected chi connectivity index (χ0v) is 6.98. The monoisotopic (exact) mass is 136 g/mol. The van der Waals surface area contributed by atoms with Crippen molar-refractivity contribution in [3.05, 3.63) is 23.3 Å². The Morgan fingerprint density at radius 1 is 1.20 bits per heavy atom. The topological polar surface area (TPSA) is 0 Å². The summed E-state index contributed by atoms with van der Waals surface area (Å²) in [5.41, 5.74) is 3.04. The van der Waals surface area contributed by atoms with Crippen molar-refractivity contribution in [3.8, 4) is 0 Å². The first-order chi connectivity index (χ1) is 4.79. The van der Waals surface area contributed by atoms with Crippen LogP contribution in [-0.4, -0.2) is 0 Å². The summed E-state index contributed by atoms with van der Waals surface area (Å²) in [5, 5.41) is 0. The second-order valence-corrected chi connectivity index (χ2v) is 3.28. The van der Waals surface area contributed by atoms with Crippen LogP contribution in [0.25, 0.3) is 0 Å². The molecule has 0 spiro atoms. The van der Waals surface area contributed by atoms with Crippen molar-refractivity contribution in [1.82, 2.24) is 0 Å². The molecule has 0 nitrogen and oxygen atoms in total. The van der Waals surface area contributed by atoms with Crippen LogP contribution in [0.3, 0.4) is 0 Å². The molecule has 0 aromatic carbocycles. The Hall–Kier alpha value is -0.520. The van der Waals surface area contributed by atoms with Gasteiger partial charge in [0.25, 0.3) is 0 Å². The third-order valence-electron chi connectivity index (χ3n) is 1.90. The van der Waals surface area contributed by atoms with Crippen molar-refractivity contribution in [2.75, 3.05) is 0 Å². The smallest absolute Gasteiger partial charge is 0.0317 e. The van der Waals surface area contributed by atoms with Crippen LogP contribution in [0.2, 0.25) is 0 Å². The molecule has 0 bridgehead atoms. The van der Waals surface area contributed by atoms with Crippen molar-refractivity contribution < 1.29 is 0 Å². The Labute approximate surface area is 63.6 Å². The van der Waals surface area contributed by atoms with Crippen LogP contribution in [0, 0.1) is 0 Å². The molecule has 1 aliphatic rings. The molecule has 1 fully saturated rings. The average Bonchev–Trinajstić information content (AvgIpc) is 2.34. The van der Waals surface area contributed by atoms with Gasteiger partial charge < -0.3 is 0 Å². The Morgan fingerprint density at radius 2 is 1.80 bits per heavy atom. The van der Waals surface area contributed by atoms with Gasteiger partial charge in [-0.05, 0) is 39.5 Å². The Morgan fingerprint density at radius 3 is 2.30 bits per heavy atom. The molecule has 10 heavy (non-hydrogen) atoms. The fourth-order valence-electron chi connectivity index (χ4n) is 1.28. The van der Waals surface area contributed by atoms with E-state index in [-0.39, 0.29) is 0 Å². The summed E-state index contributed by atoms with van der Waals surface area (Å²) in [6, 6.07) is 0. The molecule has 0 amide bonds. The lowest BCUT2D eigenvalue weighted by atomic mass is 10.2. The fourth-order valence-corrected chi connectivity index (χ4v) is 1.28. The predicted octanol–water partition coefficient (Wildman–Crippen LogP) is 3.45. The van der Waals surface area contributed by atoms with Gasteiger partial charge in [-0.25, -0.2) is 0 Å². The maximum atomic E-state index is 2.29. The summed E-state index contributed by atoms with van der Waals surface area (Å²) in [6.45, 7) is 4.29. The van der Waals surface area contributed by atoms with E-state index in [0.29, 0.717) is 0 Å². The first-order valence-corrected chi connectivity index (χ1v) is 4.12. The van der Waals surface area contributed by atoms with Gasteiger partial charge in [0.2, 0.25) is 0 Å². The van der Waals surface area contributed by atoms with Gasteiger partial charge in [0, 0.05) is 0 Å². The third kappa shape index (κ3) is 2.38. The minimum atomic E-state index is 1.34. The van der Waals surface area contributed by atoms with Crippen molar-refractivity contribution in [2.45, 2.75) is 39.5 Å². The maximum absolute atomic E-state index is 2.29. The average molecular weight is 136 g/mol. The molecule has 0 heterocycles. The molecule has 1 saturated carbocycles. The zero-order valence-electron chi connectivity index (χ0n) is 6.98. The van der Waals surface area contributed by atoms with E-state index < -0.39 is 0 Å². The van der Waals surface area contributed by atoms with Crippen LogP contribution < -0.4 is 0 Å². The largest absolute Gasteiger partial charge is 0.0764 e. The highest BCUT2D eigenvalue weighted by Crippen LogP contribution is 2.23. The first-order valence-electron chi connectivity index (χ1n) is 4.12. The van der Waals surface area contributed by atoms with E-state index in [2.05, 4.69) is 26.0 Å². The number of allylic oxidation sites excluding steroid dienone is 4. The van der Waals surface area contributed by atoms with Crippen LogP contribution in [-0.2, 0) is 0 Å². The van der Waals surface area contributed by atoms with E-state index in [9.17, 15) is 0 Å². The standard InChI is InChI=1S/C10H16/c1-9(2)7-8-10-5-3-4-6-10/h7-8H,3-6H2,1-2H3. The minimum Gasteiger partial charge on any atom is -0.0764 e. The molecule has 0 saturated heterocycles. The molecular formula is C10H16. The molecule has 0 heteroatoms. The second-order valence-electron chi connectivity index (χ2n) is 3.28. The van der Waals surface area contributed by atoms with Gasteiger partial charge in [0.15, 0.2) is 0 Å². The van der Waals surface area contributed by atoms with Crippen LogP contribution >= 0.6 is 0 Å². The first kappa shape index (κ1) is 7.59. The quantitative estimate of drug-likeness (QED) is 0.518. The van der Waals surface area contributed by atoms with E-state index in [0.717, 1.165) is 0 Å². The van der Waals surface area contributed by atoms with E-state index in [1.54, 1.807) is 5.57 Å². The van der Waals surface area contributed by atoms with Gasteiger partial charge in [-0.1, -0.05) is 23.3 Å². The van der Waals surface area contributed by atoms with Gasteiger partial charge in [-0.3, -0.25) is 0 Å². The highest BCUT2D eigenvalue weighted by Gasteiger charge is 2.03. The van der Waals surface area contributed by atoms with Gasteiger partial charge in [0.1, 0.15) is 0 Å². The predicted molar refractivity (Wildman–Crippen MR) is 46.0 cm³/mol. The number of hydrogen-bond donors (Lipinski definition) is 0. The molecule has 1 rings (SSSR count). The Balaban J connectivity index is 2.46.